The summed E-state index contributed by atoms with van der Waals surface area (Å²) in [5.41, 5.74) is 8.67. The van der Waals surface area contributed by atoms with Gasteiger partial charge in [-0.05, 0) is 74.2 Å². The van der Waals surface area contributed by atoms with Crippen LogP contribution >= 0.6 is 0 Å². The highest BCUT2D eigenvalue weighted by atomic mass is 19.4. The third kappa shape index (κ3) is 14.0. The number of urea groups is 1. The Balaban J connectivity index is 0.000000845. The van der Waals surface area contributed by atoms with Crippen molar-refractivity contribution in [2.24, 2.45) is 11.5 Å². The number of unbranched alkanes of at least 4 members (excludes halogenated alkanes) is 2. The fourth-order valence-electron chi connectivity index (χ4n) is 4.82. The monoisotopic (exact) mass is 786 g/mol. The van der Waals surface area contributed by atoms with Gasteiger partial charge in [-0.1, -0.05) is 24.3 Å². The largest absolute Gasteiger partial charge is 0.490 e. The predicted octanol–water partition coefficient (Wildman–Crippen LogP) is 6.26. The van der Waals surface area contributed by atoms with Crippen molar-refractivity contribution in [3.05, 3.63) is 70.8 Å². The average molecular weight is 787 g/mol. The highest BCUT2D eigenvalue weighted by Gasteiger charge is 2.56. The molecule has 6 N–H and O–H groups in total. The highest BCUT2D eigenvalue weighted by Crippen LogP contribution is 2.38. The van der Waals surface area contributed by atoms with Gasteiger partial charge >= 0.3 is 42.7 Å². The molecule has 10 nitrogen and oxygen atoms in total. The van der Waals surface area contributed by atoms with Gasteiger partial charge in [-0.3, -0.25) is 9.69 Å². The number of nitrogens with two attached hydrogens (primary N) is 2. The van der Waals surface area contributed by atoms with E-state index in [-0.39, 0.29) is 25.9 Å². The molecule has 22 heteroatoms. The van der Waals surface area contributed by atoms with Gasteiger partial charge in [0, 0.05) is 25.9 Å². The van der Waals surface area contributed by atoms with E-state index in [0.717, 1.165) is 29.2 Å². The van der Waals surface area contributed by atoms with E-state index >= 15 is 0 Å². The minimum Gasteiger partial charge on any atom is -0.475 e. The quantitative estimate of drug-likeness (QED) is 0.111. The molecular weight excluding hydrogens is 752 g/mol. The average Bonchev–Trinajstić information content (AvgIpc) is 3.21. The molecule has 1 fully saturated rings. The fraction of sp³-hybridized carbons (Fsp3) is 0.484. The molecule has 0 spiro atoms. The summed E-state index contributed by atoms with van der Waals surface area (Å²) < 4.78 is 142. The van der Waals surface area contributed by atoms with Crippen LogP contribution in [-0.4, -0.2) is 88.0 Å². The molecule has 1 saturated heterocycles. The number of benzene rings is 2. The number of hydrogen-bond acceptors (Lipinski definition) is 6. The first kappa shape index (κ1) is 46.4. The Morgan fingerprint density at radius 1 is 0.585 bits per heavy atom. The zero-order chi connectivity index (χ0) is 41.0. The van der Waals surface area contributed by atoms with E-state index in [2.05, 4.69) is 0 Å². The van der Waals surface area contributed by atoms with Crippen LogP contribution in [0.1, 0.15) is 47.9 Å². The molecule has 1 aliphatic rings. The number of imide groups is 1. The van der Waals surface area contributed by atoms with Gasteiger partial charge in [0.25, 0.3) is 5.91 Å². The molecule has 0 aliphatic carbocycles. The molecule has 0 unspecified atom stereocenters. The summed E-state index contributed by atoms with van der Waals surface area (Å²) in [5.74, 6) is -6.06. The molecule has 53 heavy (non-hydrogen) atoms. The Kier molecular flexibility index (Phi) is 16.6. The first-order chi connectivity index (χ1) is 24.2. The van der Waals surface area contributed by atoms with E-state index in [4.69, 9.17) is 31.3 Å². The van der Waals surface area contributed by atoms with E-state index in [0.29, 0.717) is 49.9 Å². The number of aliphatic carboxylic acids is 2. The van der Waals surface area contributed by atoms with Crippen LogP contribution in [0.3, 0.4) is 0 Å². The second kappa shape index (κ2) is 18.9. The molecule has 3 amide bonds. The maximum Gasteiger partial charge on any atom is 0.490 e. The van der Waals surface area contributed by atoms with E-state index in [1.165, 1.54) is 29.2 Å². The lowest BCUT2D eigenvalue weighted by atomic mass is 9.82. The van der Waals surface area contributed by atoms with Crippen LogP contribution < -0.4 is 11.5 Å². The van der Waals surface area contributed by atoms with Gasteiger partial charge in [-0.15, -0.1) is 0 Å². The number of rotatable bonds is 12. The number of nitrogens with zero attached hydrogens (tertiary/aromatic N) is 2. The van der Waals surface area contributed by atoms with Crippen LogP contribution in [0.25, 0.3) is 0 Å². The van der Waals surface area contributed by atoms with Gasteiger partial charge in [0.1, 0.15) is 5.54 Å². The Hall–Kier alpha value is -4.60. The van der Waals surface area contributed by atoms with Crippen LogP contribution in [0, 0.1) is 0 Å². The Bertz CT molecular complexity index is 1430. The number of alkyl halides is 12. The van der Waals surface area contributed by atoms with Crippen molar-refractivity contribution >= 4 is 23.9 Å². The molecule has 0 saturated carbocycles. The van der Waals surface area contributed by atoms with Crippen LogP contribution in [-0.2, 0) is 39.6 Å². The van der Waals surface area contributed by atoms with Crippen molar-refractivity contribution in [3.8, 4) is 0 Å². The molecular formula is C31H34F12N4O6. The summed E-state index contributed by atoms with van der Waals surface area (Å²) in [4.78, 5) is 47.8. The van der Waals surface area contributed by atoms with Gasteiger partial charge in [0.05, 0.1) is 11.1 Å². The molecule has 2 aromatic carbocycles. The summed E-state index contributed by atoms with van der Waals surface area (Å²) in [6.07, 6.45) is -17.5. The molecule has 2 aromatic rings. The molecule has 1 heterocycles. The maximum atomic E-state index is 14.0. The van der Waals surface area contributed by atoms with E-state index in [1.54, 1.807) is 0 Å². The molecule has 0 radical (unpaired) electrons. The van der Waals surface area contributed by atoms with Gasteiger partial charge < -0.3 is 26.6 Å². The lowest BCUT2D eigenvalue weighted by Gasteiger charge is -2.36. The fourth-order valence-corrected chi connectivity index (χ4v) is 4.82. The molecule has 0 bridgehead atoms. The maximum absolute atomic E-state index is 14.0. The summed E-state index contributed by atoms with van der Waals surface area (Å²) in [6.45, 7) is 0.958. The topological polar surface area (TPSA) is 167 Å². The Labute approximate surface area is 293 Å². The van der Waals surface area contributed by atoms with E-state index in [9.17, 15) is 62.3 Å². The number of carbonyl (C=O) groups is 4. The number of halogens is 12. The molecule has 3 rings (SSSR count). The molecule has 298 valence electrons. The molecule has 0 atom stereocenters. The van der Waals surface area contributed by atoms with Crippen molar-refractivity contribution < 1.29 is 82.1 Å². The summed E-state index contributed by atoms with van der Waals surface area (Å²) in [7, 11) is 0. The first-order valence-electron chi connectivity index (χ1n) is 15.2. The second-order valence-electron chi connectivity index (χ2n) is 11.3. The SMILES string of the molecule is NCCCCN1C(=O)N(CCCCN)C(Cc2ccc(C(F)(F)F)cc2)(Cc2ccc(C(F)(F)F)cc2)C1=O.O=C(O)C(F)(F)F.O=C(O)C(F)(F)F. The predicted molar refractivity (Wildman–Crippen MR) is 161 cm³/mol. The number of hydrogen-bond donors (Lipinski definition) is 4. The van der Waals surface area contributed by atoms with Gasteiger partial charge in [0.15, 0.2) is 0 Å². The molecule has 1 aliphatic heterocycles. The third-order valence-electron chi connectivity index (χ3n) is 7.33. The van der Waals surface area contributed by atoms with Crippen molar-refractivity contribution in [1.29, 1.82) is 0 Å². The Morgan fingerprint density at radius 3 is 1.19 bits per heavy atom. The smallest absolute Gasteiger partial charge is 0.475 e. The number of carbonyl (C=O) groups excluding carboxylic acids is 2. The second-order valence-corrected chi connectivity index (χ2v) is 11.3. The Morgan fingerprint density at radius 2 is 0.906 bits per heavy atom. The van der Waals surface area contributed by atoms with Crippen LogP contribution in [0.4, 0.5) is 57.5 Å². The lowest BCUT2D eigenvalue weighted by molar-refractivity contribution is -0.193. The zero-order valence-corrected chi connectivity index (χ0v) is 27.3. The van der Waals surface area contributed by atoms with Crippen molar-refractivity contribution in [2.75, 3.05) is 26.2 Å². The minimum atomic E-state index is -5.08. The van der Waals surface area contributed by atoms with Crippen LogP contribution in [0.5, 0.6) is 0 Å². The van der Waals surface area contributed by atoms with E-state index in [1.807, 2.05) is 0 Å². The highest BCUT2D eigenvalue weighted by molar-refractivity contribution is 6.07. The summed E-state index contributed by atoms with van der Waals surface area (Å²) >= 11 is 0. The lowest BCUT2D eigenvalue weighted by Crippen LogP contribution is -2.53. The van der Waals surface area contributed by atoms with Gasteiger partial charge in [0.2, 0.25) is 0 Å². The number of carboxylic acid groups (broad SMARTS) is 2. The van der Waals surface area contributed by atoms with E-state index < -0.39 is 65.2 Å². The number of amides is 3. The van der Waals surface area contributed by atoms with Crippen LogP contribution in [0.15, 0.2) is 48.5 Å². The van der Waals surface area contributed by atoms with Gasteiger partial charge in [-0.25, -0.2) is 14.4 Å². The summed E-state index contributed by atoms with van der Waals surface area (Å²) in [5, 5.41) is 14.2. The number of carboxylic acids is 2. The van der Waals surface area contributed by atoms with Crippen molar-refractivity contribution in [1.82, 2.24) is 9.80 Å². The van der Waals surface area contributed by atoms with Crippen molar-refractivity contribution in [2.45, 2.75) is 68.8 Å². The minimum absolute atomic E-state index is 0.101. The normalized spacial score (nSPS) is 14.7. The van der Waals surface area contributed by atoms with Crippen molar-refractivity contribution in [3.63, 3.8) is 0 Å². The third-order valence-corrected chi connectivity index (χ3v) is 7.33. The molecule has 0 aromatic heterocycles. The zero-order valence-electron chi connectivity index (χ0n) is 27.3. The van der Waals surface area contributed by atoms with Gasteiger partial charge in [-0.2, -0.15) is 52.7 Å². The summed E-state index contributed by atoms with van der Waals surface area (Å²) in [6, 6.07) is 8.08. The standard InChI is InChI=1S/C27H32F6N4O2.2C2HF3O2/c28-26(29,30)21-9-5-19(6-10-21)17-25(18-20-7-11-22(12-8-20)27(31,32)33)23(38)36(15-3-1-13-34)24(39)37(25)16-4-2-14-35;2*3-2(4,5)1(6)7/h5-12H,1-4,13-18,34-35H2;2*(H,6,7). The first-order valence-corrected chi connectivity index (χ1v) is 15.2. The van der Waals surface area contributed by atoms with Crippen LogP contribution in [0.2, 0.25) is 0 Å².